The van der Waals surface area contributed by atoms with Crippen LogP contribution in [0.5, 0.6) is 0 Å². The lowest BCUT2D eigenvalue weighted by molar-refractivity contribution is -0.116. The van der Waals surface area contributed by atoms with Crippen LogP contribution in [-0.4, -0.2) is 42.9 Å². The Morgan fingerprint density at radius 3 is 2.62 bits per heavy atom. The Hall–Kier alpha value is -2.84. The molecule has 0 radical (unpaired) electrons. The summed E-state index contributed by atoms with van der Waals surface area (Å²) in [5, 5.41) is 0. The maximum atomic E-state index is 14.0. The molecule has 34 heavy (non-hydrogen) atoms. The van der Waals surface area contributed by atoms with E-state index in [-0.39, 0.29) is 29.4 Å². The minimum Gasteiger partial charge on any atom is -0.441 e. The molecule has 1 aliphatic rings. The van der Waals surface area contributed by atoms with E-state index in [1.807, 2.05) is 0 Å². The van der Waals surface area contributed by atoms with Crippen molar-refractivity contribution in [1.82, 2.24) is 9.88 Å². The Balaban J connectivity index is 1.24. The third-order valence-corrected chi connectivity index (χ3v) is 7.60. The van der Waals surface area contributed by atoms with Crippen molar-refractivity contribution in [3.63, 3.8) is 0 Å². The average Bonchev–Trinajstić information content (AvgIpc) is 3.15. The molecule has 0 saturated heterocycles. The number of carbonyl (C=O) groups is 1. The second-order valence-electron chi connectivity index (χ2n) is 8.82. The number of oxazole rings is 1. The molecule has 2 aromatic carbocycles. The second-order valence-corrected chi connectivity index (χ2v) is 10.9. The van der Waals surface area contributed by atoms with E-state index < -0.39 is 27.2 Å². The van der Waals surface area contributed by atoms with Crippen LogP contribution in [0.25, 0.3) is 11.5 Å². The van der Waals surface area contributed by atoms with Gasteiger partial charge in [0.25, 0.3) is 0 Å². The molecule has 180 valence electrons. The number of aromatic nitrogens is 1. The molecule has 0 fully saturated rings. The predicted octanol–water partition coefficient (Wildman–Crippen LogP) is 4.50. The Kier molecular flexibility index (Phi) is 7.58. The largest absolute Gasteiger partial charge is 0.441 e. The van der Waals surface area contributed by atoms with Crippen LogP contribution in [0.2, 0.25) is 0 Å². The molecule has 0 atom stereocenters. The van der Waals surface area contributed by atoms with E-state index >= 15 is 0 Å². The van der Waals surface area contributed by atoms with E-state index in [2.05, 4.69) is 34.1 Å². The number of hydrogen-bond donors (Lipinski definition) is 0. The standard InChI is InChI=1S/C26H29FN2O4S/c1-19-25(28-26(33-19)23-11-4-5-12-24(23)27)18-34(31,32)17-22(30)10-6-7-14-29-15-13-20-8-2-3-9-21(20)16-29/h2-5,8-9,11-12H,6-7,10,13-18H2,1H3. The highest BCUT2D eigenvalue weighted by Gasteiger charge is 2.23. The Labute approximate surface area is 199 Å². The fraction of sp³-hybridized carbons (Fsp3) is 0.385. The van der Waals surface area contributed by atoms with Crippen molar-refractivity contribution in [1.29, 1.82) is 0 Å². The van der Waals surface area contributed by atoms with Crippen LogP contribution < -0.4 is 0 Å². The van der Waals surface area contributed by atoms with Crippen LogP contribution in [0.15, 0.2) is 52.9 Å². The lowest BCUT2D eigenvalue weighted by Crippen LogP contribution is -2.31. The third kappa shape index (κ3) is 6.18. The topological polar surface area (TPSA) is 80.5 Å². The summed E-state index contributed by atoms with van der Waals surface area (Å²) in [6.45, 7) is 4.41. The number of carbonyl (C=O) groups excluding carboxylic acids is 1. The van der Waals surface area contributed by atoms with Crippen LogP contribution in [0, 0.1) is 12.7 Å². The third-order valence-electron chi connectivity index (χ3n) is 6.12. The number of rotatable bonds is 10. The van der Waals surface area contributed by atoms with E-state index in [9.17, 15) is 17.6 Å². The number of fused-ring (bicyclic) bond motifs is 1. The number of aryl methyl sites for hydroxylation is 1. The van der Waals surface area contributed by atoms with Gasteiger partial charge in [0.2, 0.25) is 5.89 Å². The number of nitrogens with zero attached hydrogens (tertiary/aromatic N) is 2. The fourth-order valence-electron chi connectivity index (χ4n) is 4.29. The lowest BCUT2D eigenvalue weighted by Gasteiger charge is -2.28. The number of Topliss-reactive ketones (excluding diaryl/α,β-unsaturated/α-hetero) is 1. The first-order valence-corrected chi connectivity index (χ1v) is 13.4. The lowest BCUT2D eigenvalue weighted by atomic mass is 10.00. The molecule has 0 saturated carbocycles. The van der Waals surface area contributed by atoms with Crippen LogP contribution in [0.1, 0.15) is 41.8 Å². The SMILES string of the molecule is Cc1oc(-c2ccccc2F)nc1CS(=O)(=O)CC(=O)CCCCN1CCc2ccccc2C1. The predicted molar refractivity (Wildman–Crippen MR) is 128 cm³/mol. The quantitative estimate of drug-likeness (QED) is 0.394. The van der Waals surface area contributed by atoms with Crippen molar-refractivity contribution in [2.45, 2.75) is 44.9 Å². The normalized spacial score (nSPS) is 14.2. The van der Waals surface area contributed by atoms with Crippen molar-refractivity contribution in [3.05, 3.63) is 76.9 Å². The molecule has 4 rings (SSSR count). The Morgan fingerprint density at radius 2 is 1.82 bits per heavy atom. The Bertz CT molecular complexity index is 1270. The number of benzene rings is 2. The van der Waals surface area contributed by atoms with Crippen molar-refractivity contribution in [3.8, 4) is 11.5 Å². The van der Waals surface area contributed by atoms with E-state index in [1.165, 1.54) is 23.3 Å². The highest BCUT2D eigenvalue weighted by molar-refractivity contribution is 7.91. The molecule has 0 spiro atoms. The molecule has 1 aliphatic heterocycles. The summed E-state index contributed by atoms with van der Waals surface area (Å²) in [5.41, 5.74) is 3.14. The van der Waals surface area contributed by atoms with Crippen LogP contribution in [-0.2, 0) is 33.4 Å². The monoisotopic (exact) mass is 484 g/mol. The van der Waals surface area contributed by atoms with Gasteiger partial charge in [-0.15, -0.1) is 0 Å². The van der Waals surface area contributed by atoms with Gasteiger partial charge in [-0.2, -0.15) is 0 Å². The summed E-state index contributed by atoms with van der Waals surface area (Å²) in [7, 11) is -3.70. The maximum Gasteiger partial charge on any atom is 0.229 e. The van der Waals surface area contributed by atoms with Gasteiger partial charge in [0.1, 0.15) is 23.1 Å². The number of hydrogen-bond acceptors (Lipinski definition) is 6. The fourth-order valence-corrected chi connectivity index (χ4v) is 5.71. The van der Waals surface area contributed by atoms with Gasteiger partial charge in [-0.05, 0) is 56.0 Å². The first-order valence-electron chi connectivity index (χ1n) is 11.5. The van der Waals surface area contributed by atoms with E-state index in [0.717, 1.165) is 32.5 Å². The van der Waals surface area contributed by atoms with Gasteiger partial charge in [0.05, 0.1) is 17.0 Å². The van der Waals surface area contributed by atoms with Gasteiger partial charge in [0, 0.05) is 19.5 Å². The molecule has 6 nitrogen and oxygen atoms in total. The summed E-state index contributed by atoms with van der Waals surface area (Å²) in [6, 6.07) is 14.5. The first kappa shape index (κ1) is 24.3. The van der Waals surface area contributed by atoms with Crippen molar-refractivity contribution < 1.29 is 22.0 Å². The average molecular weight is 485 g/mol. The smallest absolute Gasteiger partial charge is 0.229 e. The van der Waals surface area contributed by atoms with E-state index in [0.29, 0.717) is 12.2 Å². The zero-order valence-electron chi connectivity index (χ0n) is 19.3. The molecule has 2 heterocycles. The van der Waals surface area contributed by atoms with Crippen molar-refractivity contribution in [2.24, 2.45) is 0 Å². The zero-order valence-corrected chi connectivity index (χ0v) is 20.1. The number of sulfone groups is 1. The van der Waals surface area contributed by atoms with E-state index in [1.54, 1.807) is 19.1 Å². The molecule has 1 aromatic heterocycles. The first-order chi connectivity index (χ1) is 16.3. The molecule has 0 amide bonds. The van der Waals surface area contributed by atoms with Gasteiger partial charge in [-0.3, -0.25) is 9.69 Å². The number of halogens is 1. The van der Waals surface area contributed by atoms with E-state index in [4.69, 9.17) is 4.42 Å². The second kappa shape index (κ2) is 10.6. The molecule has 0 unspecified atom stereocenters. The molecule has 8 heteroatoms. The number of unbranched alkanes of at least 4 members (excludes halogenated alkanes) is 1. The summed E-state index contributed by atoms with van der Waals surface area (Å²) >= 11 is 0. The summed E-state index contributed by atoms with van der Waals surface area (Å²) in [6.07, 6.45) is 2.78. The summed E-state index contributed by atoms with van der Waals surface area (Å²) < 4.78 is 44.7. The van der Waals surface area contributed by atoms with Crippen LogP contribution in [0.4, 0.5) is 4.39 Å². The van der Waals surface area contributed by atoms with Gasteiger partial charge in [-0.1, -0.05) is 36.4 Å². The van der Waals surface area contributed by atoms with Gasteiger partial charge < -0.3 is 4.42 Å². The maximum absolute atomic E-state index is 14.0. The molecule has 0 aliphatic carbocycles. The minimum absolute atomic E-state index is 0.0347. The van der Waals surface area contributed by atoms with Crippen LogP contribution in [0.3, 0.4) is 0 Å². The molecule has 3 aromatic rings. The summed E-state index contributed by atoms with van der Waals surface area (Å²) in [4.78, 5) is 18.9. The molecule has 0 bridgehead atoms. The zero-order chi connectivity index (χ0) is 24.1. The molecular weight excluding hydrogens is 455 g/mol. The Morgan fingerprint density at radius 1 is 1.09 bits per heavy atom. The van der Waals surface area contributed by atoms with Gasteiger partial charge >= 0.3 is 0 Å². The van der Waals surface area contributed by atoms with Gasteiger partial charge in [0.15, 0.2) is 9.84 Å². The molecular formula is C26H29FN2O4S. The van der Waals surface area contributed by atoms with Crippen molar-refractivity contribution >= 4 is 15.6 Å². The van der Waals surface area contributed by atoms with Crippen molar-refractivity contribution in [2.75, 3.05) is 18.8 Å². The van der Waals surface area contributed by atoms with Crippen LogP contribution >= 0.6 is 0 Å². The number of ketones is 1. The highest BCUT2D eigenvalue weighted by Crippen LogP contribution is 2.25. The minimum atomic E-state index is -3.70. The molecule has 0 N–H and O–H groups in total. The van der Waals surface area contributed by atoms with Gasteiger partial charge in [-0.25, -0.2) is 17.8 Å². The highest BCUT2D eigenvalue weighted by atomic mass is 32.2. The summed E-state index contributed by atoms with van der Waals surface area (Å²) in [5.74, 6) is -1.38.